The fourth-order valence-electron chi connectivity index (χ4n) is 4.43. The Kier molecular flexibility index (Phi) is 7.03. The number of hydrogen-bond acceptors (Lipinski definition) is 6. The molecule has 4 rings (SSSR count). The number of nitrogens with one attached hydrogen (secondary N) is 2. The Bertz CT molecular complexity index is 1410. The van der Waals surface area contributed by atoms with E-state index in [2.05, 4.69) is 20.6 Å². The van der Waals surface area contributed by atoms with E-state index in [1.54, 1.807) is 63.6 Å². The number of fused-ring (bicyclic) bond motifs is 1. The van der Waals surface area contributed by atoms with Crippen molar-refractivity contribution < 1.29 is 22.5 Å². The van der Waals surface area contributed by atoms with E-state index in [1.807, 2.05) is 6.07 Å². The second kappa shape index (κ2) is 9.65. The SMILES string of the molecule is CC1(C)c2cc(Nc3ncc(Cl)c(Nc4ccccc4P(C)(C)=O)n3)ccc2CCN1C(=O)C(F)(F)F. The fourth-order valence-corrected chi connectivity index (χ4v) is 5.72. The first-order valence-electron chi connectivity index (χ1n) is 11.4. The van der Waals surface area contributed by atoms with Gasteiger partial charge in [-0.1, -0.05) is 29.8 Å². The fraction of sp³-hybridized carbons (Fsp3) is 0.320. The third kappa shape index (κ3) is 5.60. The van der Waals surface area contributed by atoms with Crippen LogP contribution in [0.2, 0.25) is 5.02 Å². The summed E-state index contributed by atoms with van der Waals surface area (Å²) in [6.07, 6.45) is -3.23. The number of nitrogens with zero attached hydrogens (tertiary/aromatic N) is 3. The number of halogens is 4. The lowest BCUT2D eigenvalue weighted by Gasteiger charge is -2.44. The molecule has 37 heavy (non-hydrogen) atoms. The minimum atomic E-state index is -4.95. The Labute approximate surface area is 217 Å². The highest BCUT2D eigenvalue weighted by molar-refractivity contribution is 7.70. The predicted octanol–water partition coefficient (Wildman–Crippen LogP) is 6.05. The van der Waals surface area contributed by atoms with Crippen LogP contribution in [0.5, 0.6) is 0 Å². The molecular formula is C25H26ClF3N5O2P. The van der Waals surface area contributed by atoms with Crippen LogP contribution in [-0.4, -0.2) is 46.8 Å². The summed E-state index contributed by atoms with van der Waals surface area (Å²) >= 11 is 6.32. The standard InChI is InChI=1S/C25H26ClF3N5O2P/c1-24(2)17-13-16(10-9-15(17)11-12-34(24)22(35)25(27,28)29)31-23-30-14-18(26)21(33-23)32-19-7-5-6-8-20(19)37(3,4)36/h5-10,13-14H,11-12H2,1-4H3,(H2,30,31,32,33). The molecule has 0 fully saturated rings. The third-order valence-electron chi connectivity index (χ3n) is 6.27. The highest BCUT2D eigenvalue weighted by Crippen LogP contribution is 2.40. The highest BCUT2D eigenvalue weighted by Gasteiger charge is 2.49. The molecule has 0 atom stereocenters. The van der Waals surface area contributed by atoms with Crippen molar-refractivity contribution in [2.45, 2.75) is 32.0 Å². The van der Waals surface area contributed by atoms with Gasteiger partial charge >= 0.3 is 12.1 Å². The minimum Gasteiger partial charge on any atom is -0.338 e. The van der Waals surface area contributed by atoms with Crippen molar-refractivity contribution in [2.24, 2.45) is 0 Å². The quantitative estimate of drug-likeness (QED) is 0.376. The first-order valence-corrected chi connectivity index (χ1v) is 14.4. The van der Waals surface area contributed by atoms with Gasteiger partial charge in [0.25, 0.3) is 0 Å². The topological polar surface area (TPSA) is 87.2 Å². The zero-order valence-electron chi connectivity index (χ0n) is 20.7. The van der Waals surface area contributed by atoms with E-state index in [0.29, 0.717) is 34.5 Å². The molecule has 1 aliphatic heterocycles. The molecule has 1 aromatic heterocycles. The number of anilines is 4. The second-order valence-electron chi connectivity index (χ2n) is 9.64. The number of carbonyl (C=O) groups excluding carboxylic acids is 1. The summed E-state index contributed by atoms with van der Waals surface area (Å²) in [5.74, 6) is -1.38. The van der Waals surface area contributed by atoms with Gasteiger partial charge < -0.3 is 20.1 Å². The average molecular weight is 552 g/mol. The van der Waals surface area contributed by atoms with Gasteiger partial charge in [-0.25, -0.2) is 4.98 Å². The zero-order chi connectivity index (χ0) is 27.2. The summed E-state index contributed by atoms with van der Waals surface area (Å²) < 4.78 is 52.3. The van der Waals surface area contributed by atoms with Crippen LogP contribution in [0.25, 0.3) is 0 Å². The van der Waals surface area contributed by atoms with Gasteiger partial charge in [0, 0.05) is 17.5 Å². The van der Waals surface area contributed by atoms with E-state index in [-0.39, 0.29) is 17.5 Å². The molecule has 0 radical (unpaired) electrons. The Morgan fingerprint density at radius 1 is 1.14 bits per heavy atom. The number of aromatic nitrogens is 2. The van der Waals surface area contributed by atoms with E-state index in [9.17, 15) is 22.5 Å². The van der Waals surface area contributed by atoms with Crippen molar-refractivity contribution in [3.8, 4) is 0 Å². The molecule has 2 N–H and O–H groups in total. The van der Waals surface area contributed by atoms with Gasteiger partial charge in [0.05, 0.1) is 17.4 Å². The van der Waals surface area contributed by atoms with Crippen molar-refractivity contribution in [3.63, 3.8) is 0 Å². The predicted molar refractivity (Wildman–Crippen MR) is 140 cm³/mol. The van der Waals surface area contributed by atoms with E-state index in [0.717, 1.165) is 10.5 Å². The van der Waals surface area contributed by atoms with Crippen LogP contribution in [-0.2, 0) is 21.3 Å². The number of alkyl halides is 3. The van der Waals surface area contributed by atoms with E-state index >= 15 is 0 Å². The monoisotopic (exact) mass is 551 g/mol. The molecule has 0 saturated carbocycles. The lowest BCUT2D eigenvalue weighted by atomic mass is 9.83. The summed E-state index contributed by atoms with van der Waals surface area (Å²) in [7, 11) is -2.58. The third-order valence-corrected chi connectivity index (χ3v) is 8.10. The smallest absolute Gasteiger partial charge is 0.338 e. The Balaban J connectivity index is 1.62. The number of hydrogen-bond donors (Lipinski definition) is 2. The summed E-state index contributed by atoms with van der Waals surface area (Å²) in [5.41, 5.74) is 1.43. The minimum absolute atomic E-state index is 0.0234. The van der Waals surface area contributed by atoms with Gasteiger partial charge in [0.2, 0.25) is 5.95 Å². The Morgan fingerprint density at radius 2 is 1.84 bits per heavy atom. The summed E-state index contributed by atoms with van der Waals surface area (Å²) in [5, 5.41) is 7.08. The zero-order valence-corrected chi connectivity index (χ0v) is 22.3. The summed E-state index contributed by atoms with van der Waals surface area (Å²) in [6.45, 7) is 6.50. The van der Waals surface area contributed by atoms with Crippen LogP contribution in [0, 0.1) is 0 Å². The van der Waals surface area contributed by atoms with E-state index < -0.39 is 24.8 Å². The van der Waals surface area contributed by atoms with Gasteiger partial charge in [0.15, 0.2) is 5.82 Å². The van der Waals surface area contributed by atoms with Crippen LogP contribution < -0.4 is 15.9 Å². The van der Waals surface area contributed by atoms with Crippen LogP contribution in [0.3, 0.4) is 0 Å². The van der Waals surface area contributed by atoms with Crippen LogP contribution in [0.15, 0.2) is 48.7 Å². The van der Waals surface area contributed by atoms with Gasteiger partial charge in [-0.3, -0.25) is 4.79 Å². The maximum absolute atomic E-state index is 13.2. The molecular weight excluding hydrogens is 526 g/mol. The number of rotatable bonds is 5. The van der Waals surface area contributed by atoms with E-state index in [1.165, 1.54) is 6.20 Å². The lowest BCUT2D eigenvalue weighted by molar-refractivity contribution is -0.191. The molecule has 0 unspecified atom stereocenters. The van der Waals surface area contributed by atoms with Gasteiger partial charge in [-0.15, -0.1) is 0 Å². The number of amides is 1. The second-order valence-corrected chi connectivity index (χ2v) is 13.2. The number of benzene rings is 2. The van der Waals surface area contributed by atoms with Crippen LogP contribution >= 0.6 is 18.7 Å². The molecule has 3 aromatic rings. The molecule has 1 aliphatic rings. The highest BCUT2D eigenvalue weighted by atomic mass is 35.5. The molecule has 2 heterocycles. The molecule has 12 heteroatoms. The summed E-state index contributed by atoms with van der Waals surface area (Å²) in [6, 6.07) is 12.5. The van der Waals surface area contributed by atoms with Crippen molar-refractivity contribution in [1.82, 2.24) is 14.9 Å². The normalized spacial score (nSPS) is 15.2. The maximum Gasteiger partial charge on any atom is 0.471 e. The van der Waals surface area contributed by atoms with E-state index in [4.69, 9.17) is 11.6 Å². The first-order chi connectivity index (χ1) is 17.2. The van der Waals surface area contributed by atoms with Gasteiger partial charge in [0.1, 0.15) is 12.2 Å². The largest absolute Gasteiger partial charge is 0.471 e. The molecule has 0 aliphatic carbocycles. The lowest BCUT2D eigenvalue weighted by Crippen LogP contribution is -2.54. The van der Waals surface area contributed by atoms with Crippen molar-refractivity contribution in [2.75, 3.05) is 30.5 Å². The molecule has 7 nitrogen and oxygen atoms in total. The van der Waals surface area contributed by atoms with Crippen LogP contribution in [0.1, 0.15) is 25.0 Å². The maximum atomic E-state index is 13.2. The summed E-state index contributed by atoms with van der Waals surface area (Å²) in [4.78, 5) is 21.6. The van der Waals surface area contributed by atoms with Crippen molar-refractivity contribution >= 4 is 53.1 Å². The van der Waals surface area contributed by atoms with Crippen molar-refractivity contribution in [1.29, 1.82) is 0 Å². The first kappa shape index (κ1) is 26.9. The van der Waals surface area contributed by atoms with Crippen molar-refractivity contribution in [3.05, 3.63) is 64.8 Å². The Morgan fingerprint density at radius 3 is 2.51 bits per heavy atom. The van der Waals surface area contributed by atoms with Gasteiger partial charge in [-0.2, -0.15) is 18.2 Å². The Hall–Kier alpha value is -3.10. The van der Waals surface area contributed by atoms with Crippen LogP contribution in [0.4, 0.5) is 36.3 Å². The molecule has 2 aromatic carbocycles. The number of carbonyl (C=O) groups is 1. The van der Waals surface area contributed by atoms with Gasteiger partial charge in [-0.05, 0) is 69.0 Å². The molecule has 0 spiro atoms. The molecule has 0 bridgehead atoms. The molecule has 1 amide bonds. The average Bonchev–Trinajstić information content (AvgIpc) is 2.80. The molecule has 196 valence electrons. The molecule has 0 saturated heterocycles. The number of para-hydroxylation sites is 1.